The van der Waals surface area contributed by atoms with E-state index in [0.717, 1.165) is 6.07 Å². The van der Waals surface area contributed by atoms with Gasteiger partial charge in [-0.05, 0) is 12.5 Å². The lowest BCUT2D eigenvalue weighted by Gasteiger charge is -2.11. The molecule has 0 spiro atoms. The highest BCUT2D eigenvalue weighted by Gasteiger charge is 2.21. The lowest BCUT2D eigenvalue weighted by Crippen LogP contribution is -2.16. The second-order valence-electron chi connectivity index (χ2n) is 4.04. The summed E-state index contributed by atoms with van der Waals surface area (Å²) in [6.45, 7) is 1.91. The van der Waals surface area contributed by atoms with Crippen molar-refractivity contribution in [2.75, 3.05) is 18.1 Å². The van der Waals surface area contributed by atoms with Crippen LogP contribution in [-0.2, 0) is 10.8 Å². The molecule has 0 saturated carbocycles. The van der Waals surface area contributed by atoms with E-state index in [1.807, 2.05) is 0 Å². The van der Waals surface area contributed by atoms with Crippen molar-refractivity contribution >= 4 is 22.2 Å². The van der Waals surface area contributed by atoms with Crippen LogP contribution in [0.1, 0.15) is 13.3 Å². The van der Waals surface area contributed by atoms with Crippen molar-refractivity contribution in [2.24, 2.45) is 0 Å². The summed E-state index contributed by atoms with van der Waals surface area (Å²) in [5, 5.41) is 13.1. The molecule has 1 rings (SSSR count). The van der Waals surface area contributed by atoms with Gasteiger partial charge in [-0.2, -0.15) is 0 Å². The quantitative estimate of drug-likeness (QED) is 0.645. The number of nitrogens with one attached hydrogen (secondary N) is 1. The maximum atomic E-state index is 13.5. The lowest BCUT2D eigenvalue weighted by atomic mass is 10.2. The molecular formula is C11H14F2N2O3S. The molecule has 2 atom stereocenters. The van der Waals surface area contributed by atoms with Crippen LogP contribution in [0.5, 0.6) is 0 Å². The fraction of sp³-hybridized carbons (Fsp3) is 0.455. The second kappa shape index (κ2) is 6.55. The van der Waals surface area contributed by atoms with E-state index in [9.17, 15) is 23.1 Å². The Morgan fingerprint density at radius 1 is 1.47 bits per heavy atom. The number of anilines is 1. The van der Waals surface area contributed by atoms with Crippen molar-refractivity contribution in [1.29, 1.82) is 0 Å². The van der Waals surface area contributed by atoms with E-state index >= 15 is 0 Å². The third kappa shape index (κ3) is 3.95. The highest BCUT2D eigenvalue weighted by Crippen LogP contribution is 2.29. The van der Waals surface area contributed by atoms with Crippen molar-refractivity contribution in [3.05, 3.63) is 33.9 Å². The Morgan fingerprint density at radius 2 is 2.11 bits per heavy atom. The summed E-state index contributed by atoms with van der Waals surface area (Å²) in [6.07, 6.45) is 1.96. The molecule has 2 unspecified atom stereocenters. The molecule has 0 aliphatic rings. The highest BCUT2D eigenvalue weighted by atomic mass is 32.2. The third-order valence-corrected chi connectivity index (χ3v) is 4.06. The standard InChI is InChI=1S/C11H14F2N2O3S/c1-7(19(2)18)5-6-14-11-9(15(16)17)4-3-8(12)10(11)13/h3-4,7,14H,5-6H2,1-2H3. The summed E-state index contributed by atoms with van der Waals surface area (Å²) < 4.78 is 37.7. The molecule has 0 aromatic heterocycles. The molecule has 0 heterocycles. The predicted molar refractivity (Wildman–Crippen MR) is 69.6 cm³/mol. The number of benzene rings is 1. The number of nitro benzene ring substituents is 1. The Balaban J connectivity index is 2.85. The zero-order valence-electron chi connectivity index (χ0n) is 10.5. The molecule has 0 amide bonds. The van der Waals surface area contributed by atoms with Crippen LogP contribution >= 0.6 is 0 Å². The number of halogens is 2. The Bertz CT molecular complexity index is 511. The molecule has 19 heavy (non-hydrogen) atoms. The average Bonchev–Trinajstić information content (AvgIpc) is 2.33. The van der Waals surface area contributed by atoms with Crippen LogP contribution in [0.3, 0.4) is 0 Å². The SMILES string of the molecule is CC(CCNc1c([N+](=O)[O-])ccc(F)c1F)S(C)=O. The van der Waals surface area contributed by atoms with E-state index in [4.69, 9.17) is 0 Å². The first-order valence-corrected chi connectivity index (χ1v) is 7.15. The first-order valence-electron chi connectivity index (χ1n) is 5.53. The second-order valence-corrected chi connectivity index (χ2v) is 5.84. The van der Waals surface area contributed by atoms with Crippen molar-refractivity contribution in [3.8, 4) is 0 Å². The first kappa shape index (κ1) is 15.5. The van der Waals surface area contributed by atoms with Gasteiger partial charge in [-0.1, -0.05) is 6.92 Å². The van der Waals surface area contributed by atoms with Gasteiger partial charge in [0.25, 0.3) is 5.69 Å². The minimum atomic E-state index is -1.28. The van der Waals surface area contributed by atoms with E-state index in [2.05, 4.69) is 5.32 Å². The van der Waals surface area contributed by atoms with E-state index in [-0.39, 0.29) is 11.8 Å². The van der Waals surface area contributed by atoms with E-state index in [1.165, 1.54) is 6.26 Å². The van der Waals surface area contributed by atoms with Gasteiger partial charge in [0.15, 0.2) is 17.3 Å². The van der Waals surface area contributed by atoms with E-state index in [0.29, 0.717) is 12.5 Å². The molecule has 5 nitrogen and oxygen atoms in total. The van der Waals surface area contributed by atoms with Crippen LogP contribution in [0, 0.1) is 21.7 Å². The zero-order chi connectivity index (χ0) is 14.6. The highest BCUT2D eigenvalue weighted by molar-refractivity contribution is 7.84. The number of rotatable bonds is 6. The third-order valence-electron chi connectivity index (χ3n) is 2.69. The summed E-state index contributed by atoms with van der Waals surface area (Å²) in [6, 6.07) is 1.62. The number of hydrogen-bond acceptors (Lipinski definition) is 4. The minimum absolute atomic E-state index is 0.136. The number of nitrogens with zero attached hydrogens (tertiary/aromatic N) is 1. The number of hydrogen-bond donors (Lipinski definition) is 1. The van der Waals surface area contributed by atoms with Gasteiger partial charge in [0.1, 0.15) is 0 Å². The molecule has 0 saturated heterocycles. The maximum Gasteiger partial charge on any atom is 0.295 e. The van der Waals surface area contributed by atoms with Gasteiger partial charge >= 0.3 is 0 Å². The van der Waals surface area contributed by atoms with Crippen LogP contribution in [0.25, 0.3) is 0 Å². The van der Waals surface area contributed by atoms with Gasteiger partial charge in [0.05, 0.1) is 4.92 Å². The molecule has 0 aliphatic carbocycles. The summed E-state index contributed by atoms with van der Waals surface area (Å²) in [5.41, 5.74) is -0.997. The molecule has 1 aromatic carbocycles. The van der Waals surface area contributed by atoms with Crippen LogP contribution in [0.15, 0.2) is 12.1 Å². The lowest BCUT2D eigenvalue weighted by molar-refractivity contribution is -0.384. The van der Waals surface area contributed by atoms with Crippen LogP contribution in [0.2, 0.25) is 0 Å². The van der Waals surface area contributed by atoms with E-state index < -0.39 is 38.7 Å². The average molecular weight is 292 g/mol. The molecule has 106 valence electrons. The van der Waals surface area contributed by atoms with E-state index in [1.54, 1.807) is 6.92 Å². The van der Waals surface area contributed by atoms with Crippen molar-refractivity contribution in [3.63, 3.8) is 0 Å². The Hall–Kier alpha value is -1.57. The molecule has 0 bridgehead atoms. The van der Waals surface area contributed by atoms with Gasteiger partial charge in [0.2, 0.25) is 0 Å². The minimum Gasteiger partial charge on any atom is -0.377 e. The van der Waals surface area contributed by atoms with Crippen LogP contribution < -0.4 is 5.32 Å². The van der Waals surface area contributed by atoms with Crippen molar-refractivity contribution in [2.45, 2.75) is 18.6 Å². The monoisotopic (exact) mass is 292 g/mol. The normalized spacial score (nSPS) is 13.9. The summed E-state index contributed by atoms with van der Waals surface area (Å²) in [4.78, 5) is 9.93. The smallest absolute Gasteiger partial charge is 0.295 e. The molecule has 8 heteroatoms. The van der Waals surface area contributed by atoms with Gasteiger partial charge in [-0.3, -0.25) is 14.3 Å². The summed E-state index contributed by atoms with van der Waals surface area (Å²) >= 11 is 0. The largest absolute Gasteiger partial charge is 0.377 e. The Labute approximate surface area is 111 Å². The molecule has 1 N–H and O–H groups in total. The summed E-state index contributed by atoms with van der Waals surface area (Å²) in [7, 11) is -1.03. The predicted octanol–water partition coefficient (Wildman–Crippen LogP) is 2.44. The Morgan fingerprint density at radius 3 is 2.63 bits per heavy atom. The first-order chi connectivity index (χ1) is 8.84. The van der Waals surface area contributed by atoms with Gasteiger partial charge in [-0.25, -0.2) is 8.78 Å². The number of nitro groups is 1. The van der Waals surface area contributed by atoms with Crippen molar-refractivity contribution in [1.82, 2.24) is 0 Å². The summed E-state index contributed by atoms with van der Waals surface area (Å²) in [5.74, 6) is -2.43. The molecule has 1 aromatic rings. The van der Waals surface area contributed by atoms with Crippen molar-refractivity contribution < 1.29 is 17.9 Å². The fourth-order valence-electron chi connectivity index (χ4n) is 1.43. The maximum absolute atomic E-state index is 13.5. The molecule has 0 radical (unpaired) electrons. The van der Waals surface area contributed by atoms with Gasteiger partial charge < -0.3 is 5.32 Å². The molecular weight excluding hydrogens is 278 g/mol. The van der Waals surface area contributed by atoms with Crippen LogP contribution in [0.4, 0.5) is 20.2 Å². The van der Waals surface area contributed by atoms with Gasteiger partial charge in [0, 0.05) is 34.9 Å². The Kier molecular flexibility index (Phi) is 5.34. The topological polar surface area (TPSA) is 72.2 Å². The fourth-order valence-corrected chi connectivity index (χ4v) is 1.88. The molecule has 0 fully saturated rings. The zero-order valence-corrected chi connectivity index (χ0v) is 11.3. The van der Waals surface area contributed by atoms with Crippen LogP contribution in [-0.4, -0.2) is 27.2 Å². The van der Waals surface area contributed by atoms with Gasteiger partial charge in [-0.15, -0.1) is 0 Å². The molecule has 0 aliphatic heterocycles.